The maximum atomic E-state index is 12.6. The first-order chi connectivity index (χ1) is 16.1. The number of rotatable bonds is 5. The van der Waals surface area contributed by atoms with Gasteiger partial charge in [0.2, 0.25) is 0 Å². The van der Waals surface area contributed by atoms with Gasteiger partial charge in [-0.2, -0.15) is 0 Å². The van der Waals surface area contributed by atoms with Crippen molar-refractivity contribution in [1.82, 2.24) is 9.97 Å². The van der Waals surface area contributed by atoms with E-state index >= 15 is 0 Å². The molecule has 2 aromatic heterocycles. The number of hydrogen-bond acceptors (Lipinski definition) is 6. The van der Waals surface area contributed by atoms with E-state index in [1.165, 1.54) is 11.3 Å². The van der Waals surface area contributed by atoms with E-state index in [0.29, 0.717) is 36.5 Å². The van der Waals surface area contributed by atoms with Crippen molar-refractivity contribution in [1.29, 1.82) is 0 Å². The Morgan fingerprint density at radius 1 is 0.909 bits per heavy atom. The molecule has 1 aliphatic heterocycles. The summed E-state index contributed by atoms with van der Waals surface area (Å²) < 4.78 is 0. The second-order valence-electron chi connectivity index (χ2n) is 8.14. The van der Waals surface area contributed by atoms with Crippen molar-refractivity contribution in [3.05, 3.63) is 95.6 Å². The number of aliphatic hydroxyl groups is 1. The molecule has 2 aromatic carbocycles. The van der Waals surface area contributed by atoms with Crippen LogP contribution in [0.4, 0.5) is 11.5 Å². The minimum Gasteiger partial charge on any atom is -0.385 e. The minimum atomic E-state index is -0.793. The molecule has 5 rings (SSSR count). The van der Waals surface area contributed by atoms with Crippen molar-refractivity contribution in [2.45, 2.75) is 18.4 Å². The lowest BCUT2D eigenvalue weighted by Gasteiger charge is -2.39. The van der Waals surface area contributed by atoms with Crippen LogP contribution in [-0.2, 0) is 5.60 Å². The number of nitrogens with zero attached hydrogens (tertiary/aromatic N) is 3. The average Bonchev–Trinajstić information content (AvgIpc) is 3.37. The maximum Gasteiger partial charge on any atom is 0.267 e. The van der Waals surface area contributed by atoms with Crippen LogP contribution in [0.3, 0.4) is 0 Å². The molecule has 0 atom stereocenters. The molecule has 0 bridgehead atoms. The Morgan fingerprint density at radius 3 is 2.27 bits per heavy atom. The number of pyridine rings is 1. The Labute approximate surface area is 196 Å². The molecule has 0 unspecified atom stereocenters. The molecule has 3 heterocycles. The molecule has 6 nitrogen and oxygen atoms in total. The van der Waals surface area contributed by atoms with Crippen LogP contribution >= 0.6 is 11.3 Å². The van der Waals surface area contributed by atoms with Crippen LogP contribution in [-0.4, -0.2) is 34.1 Å². The third kappa shape index (κ3) is 4.65. The third-order valence-corrected chi connectivity index (χ3v) is 7.03. The summed E-state index contributed by atoms with van der Waals surface area (Å²) in [5, 5.41) is 14.7. The van der Waals surface area contributed by atoms with Crippen LogP contribution in [0.2, 0.25) is 0 Å². The number of nitrogens with one attached hydrogen (secondary N) is 1. The SMILES string of the molecule is O=C(Nc1ccc(N2CCC(O)(c3ccccc3)CC2)nc1)c1cnc(-c2ccccc2)s1. The number of anilines is 2. The quantitative estimate of drug-likeness (QED) is 0.445. The number of carbonyl (C=O) groups is 1. The molecule has 2 N–H and O–H groups in total. The highest BCUT2D eigenvalue weighted by molar-refractivity contribution is 7.17. The maximum absolute atomic E-state index is 12.6. The molecule has 0 spiro atoms. The zero-order chi connectivity index (χ0) is 22.7. The van der Waals surface area contributed by atoms with Gasteiger partial charge in [0.15, 0.2) is 0 Å². The fraction of sp³-hybridized carbons (Fsp3) is 0.192. The number of carbonyl (C=O) groups excluding carboxylic acids is 1. The van der Waals surface area contributed by atoms with E-state index < -0.39 is 5.60 Å². The zero-order valence-corrected chi connectivity index (χ0v) is 18.8. The summed E-state index contributed by atoms with van der Waals surface area (Å²) >= 11 is 1.36. The highest BCUT2D eigenvalue weighted by Crippen LogP contribution is 2.34. The van der Waals surface area contributed by atoms with Gasteiger partial charge in [-0.25, -0.2) is 9.97 Å². The minimum absolute atomic E-state index is 0.199. The molecule has 7 heteroatoms. The molecule has 1 saturated heterocycles. The highest BCUT2D eigenvalue weighted by Gasteiger charge is 2.34. The van der Waals surface area contributed by atoms with E-state index in [-0.39, 0.29) is 5.91 Å². The van der Waals surface area contributed by atoms with E-state index in [9.17, 15) is 9.90 Å². The molecule has 33 heavy (non-hydrogen) atoms. The van der Waals surface area contributed by atoms with E-state index in [2.05, 4.69) is 20.2 Å². The number of benzene rings is 2. The van der Waals surface area contributed by atoms with Crippen molar-refractivity contribution in [3.63, 3.8) is 0 Å². The largest absolute Gasteiger partial charge is 0.385 e. The average molecular weight is 457 g/mol. The summed E-state index contributed by atoms with van der Waals surface area (Å²) in [6.45, 7) is 1.43. The molecular weight excluding hydrogens is 432 g/mol. The molecule has 0 radical (unpaired) electrons. The Kier molecular flexibility index (Phi) is 5.90. The molecule has 166 valence electrons. The second-order valence-corrected chi connectivity index (χ2v) is 9.17. The van der Waals surface area contributed by atoms with E-state index in [1.807, 2.05) is 72.8 Å². The zero-order valence-electron chi connectivity index (χ0n) is 18.0. The van der Waals surface area contributed by atoms with Gasteiger partial charge in [0.1, 0.15) is 15.7 Å². The van der Waals surface area contributed by atoms with Gasteiger partial charge in [0.05, 0.1) is 23.7 Å². The van der Waals surface area contributed by atoms with Gasteiger partial charge in [-0.3, -0.25) is 4.79 Å². The van der Waals surface area contributed by atoms with E-state index in [0.717, 1.165) is 22.0 Å². The molecule has 0 aliphatic carbocycles. The van der Waals surface area contributed by atoms with Crippen molar-refractivity contribution in [3.8, 4) is 10.6 Å². The number of hydrogen-bond donors (Lipinski definition) is 2. The lowest BCUT2D eigenvalue weighted by Crippen LogP contribution is -2.42. The summed E-state index contributed by atoms with van der Waals surface area (Å²) in [4.78, 5) is 24.3. The summed E-state index contributed by atoms with van der Waals surface area (Å²) in [6.07, 6.45) is 4.56. The molecule has 0 saturated carbocycles. The normalized spacial score (nSPS) is 15.2. The first kappa shape index (κ1) is 21.3. The first-order valence-electron chi connectivity index (χ1n) is 10.9. The molecule has 1 amide bonds. The topological polar surface area (TPSA) is 78.4 Å². The van der Waals surface area contributed by atoms with Gasteiger partial charge >= 0.3 is 0 Å². The molecule has 4 aromatic rings. The monoisotopic (exact) mass is 456 g/mol. The Bertz CT molecular complexity index is 1220. The fourth-order valence-corrected chi connectivity index (χ4v) is 4.89. The summed E-state index contributed by atoms with van der Waals surface area (Å²) in [7, 11) is 0. The van der Waals surface area contributed by atoms with Gasteiger partial charge in [0.25, 0.3) is 5.91 Å². The number of thiazole rings is 1. The van der Waals surface area contributed by atoms with E-state index in [4.69, 9.17) is 0 Å². The van der Waals surface area contributed by atoms with Crippen LogP contribution in [0.25, 0.3) is 10.6 Å². The molecule has 1 aliphatic rings. The van der Waals surface area contributed by atoms with Crippen molar-refractivity contribution in [2.24, 2.45) is 0 Å². The predicted octanol–water partition coefficient (Wildman–Crippen LogP) is 4.95. The summed E-state index contributed by atoms with van der Waals surface area (Å²) in [5.41, 5.74) is 1.80. The number of aromatic nitrogens is 2. The summed E-state index contributed by atoms with van der Waals surface area (Å²) in [5.74, 6) is 0.641. The van der Waals surface area contributed by atoms with Crippen LogP contribution in [0.5, 0.6) is 0 Å². The third-order valence-electron chi connectivity index (χ3n) is 5.98. The van der Waals surface area contributed by atoms with E-state index in [1.54, 1.807) is 12.4 Å². The van der Waals surface area contributed by atoms with Crippen molar-refractivity contribution in [2.75, 3.05) is 23.3 Å². The number of piperidine rings is 1. The van der Waals surface area contributed by atoms with Crippen molar-refractivity contribution >= 4 is 28.7 Å². The molecular formula is C26H24N4O2S. The fourth-order valence-electron chi connectivity index (χ4n) is 4.08. The van der Waals surface area contributed by atoms with Gasteiger partial charge in [0, 0.05) is 18.7 Å². The van der Waals surface area contributed by atoms with Gasteiger partial charge in [-0.15, -0.1) is 11.3 Å². The standard InChI is InChI=1S/C26H24N4O2S/c31-24(22-18-28-25(33-22)19-7-3-1-4-8-19)29-21-11-12-23(27-17-21)30-15-13-26(32,14-16-30)20-9-5-2-6-10-20/h1-12,17-18,32H,13-16H2,(H,29,31). The number of amides is 1. The Morgan fingerprint density at radius 2 is 1.61 bits per heavy atom. The van der Waals surface area contributed by atoms with Crippen LogP contribution < -0.4 is 10.2 Å². The van der Waals surface area contributed by atoms with Gasteiger partial charge in [-0.05, 0) is 30.5 Å². The van der Waals surface area contributed by atoms with Gasteiger partial charge < -0.3 is 15.3 Å². The van der Waals surface area contributed by atoms with Crippen molar-refractivity contribution < 1.29 is 9.90 Å². The summed E-state index contributed by atoms with van der Waals surface area (Å²) in [6, 6.07) is 23.4. The highest BCUT2D eigenvalue weighted by atomic mass is 32.1. The van der Waals surface area contributed by atoms with Gasteiger partial charge in [-0.1, -0.05) is 60.7 Å². The Balaban J connectivity index is 1.20. The predicted molar refractivity (Wildman–Crippen MR) is 132 cm³/mol. The smallest absolute Gasteiger partial charge is 0.267 e. The second kappa shape index (κ2) is 9.13. The molecule has 1 fully saturated rings. The first-order valence-corrected chi connectivity index (χ1v) is 11.7. The van der Waals surface area contributed by atoms with Crippen LogP contribution in [0, 0.1) is 0 Å². The lowest BCUT2D eigenvalue weighted by atomic mass is 9.84. The van der Waals surface area contributed by atoms with Crippen LogP contribution in [0.1, 0.15) is 28.1 Å². The lowest BCUT2D eigenvalue weighted by molar-refractivity contribution is 0.0116. The Hall–Kier alpha value is -3.55. The van der Waals surface area contributed by atoms with Crippen LogP contribution in [0.15, 0.2) is 85.2 Å².